The third-order valence-electron chi connectivity index (χ3n) is 5.38. The molecule has 1 amide bonds. The molecule has 1 saturated heterocycles. The molecule has 0 unspecified atom stereocenters. The minimum absolute atomic E-state index is 0.0427. The fraction of sp³-hybridized carbons (Fsp3) is 0.520. The Kier molecular flexibility index (Phi) is 8.54. The first-order valence-corrected chi connectivity index (χ1v) is 13.0. The summed E-state index contributed by atoms with van der Waals surface area (Å²) in [6.07, 6.45) is 5.94. The first-order valence-electron chi connectivity index (χ1n) is 11.6. The van der Waals surface area contributed by atoms with Crippen LogP contribution in [0.25, 0.3) is 0 Å². The van der Waals surface area contributed by atoms with Gasteiger partial charge in [-0.2, -0.15) is 8.42 Å². The molecule has 8 nitrogen and oxygen atoms in total. The summed E-state index contributed by atoms with van der Waals surface area (Å²) >= 11 is 0. The number of rotatable bonds is 9. The maximum absolute atomic E-state index is 12.4. The van der Waals surface area contributed by atoms with Crippen molar-refractivity contribution in [2.75, 3.05) is 19.8 Å². The first-order chi connectivity index (χ1) is 16.0. The quantitative estimate of drug-likeness (QED) is 0.377. The van der Waals surface area contributed by atoms with Crippen molar-refractivity contribution in [3.8, 4) is 5.75 Å². The zero-order valence-corrected chi connectivity index (χ0v) is 21.1. The SMILES string of the molecule is Cc1ccc(S(=O)(=O)OCCCc2cncc(OC[C@H]3CCCN3C(=O)OC(C)(C)C)c2)cc1. The number of pyridine rings is 1. The summed E-state index contributed by atoms with van der Waals surface area (Å²) in [7, 11) is -3.76. The van der Waals surface area contributed by atoms with Crippen LogP contribution >= 0.6 is 0 Å². The van der Waals surface area contributed by atoms with E-state index in [0.29, 0.717) is 31.7 Å². The molecule has 0 spiro atoms. The van der Waals surface area contributed by atoms with Gasteiger partial charge in [-0.1, -0.05) is 17.7 Å². The van der Waals surface area contributed by atoms with Crippen LogP contribution < -0.4 is 4.74 Å². The number of carbonyl (C=O) groups excluding carboxylic acids is 1. The van der Waals surface area contributed by atoms with Crippen molar-refractivity contribution in [1.82, 2.24) is 9.88 Å². The van der Waals surface area contributed by atoms with Gasteiger partial charge in [-0.05, 0) is 77.1 Å². The minimum atomic E-state index is -3.76. The van der Waals surface area contributed by atoms with Gasteiger partial charge >= 0.3 is 6.09 Å². The van der Waals surface area contributed by atoms with Crippen LogP contribution in [0.1, 0.15) is 51.2 Å². The van der Waals surface area contributed by atoms with Crippen LogP contribution in [0.2, 0.25) is 0 Å². The Balaban J connectivity index is 1.46. The number of aryl methyl sites for hydroxylation is 2. The molecule has 1 aromatic carbocycles. The lowest BCUT2D eigenvalue weighted by molar-refractivity contribution is 0.0187. The molecule has 2 aromatic rings. The summed E-state index contributed by atoms with van der Waals surface area (Å²) in [5, 5.41) is 0. The highest BCUT2D eigenvalue weighted by Crippen LogP contribution is 2.22. The van der Waals surface area contributed by atoms with E-state index >= 15 is 0 Å². The van der Waals surface area contributed by atoms with Crippen molar-refractivity contribution < 1.29 is 26.9 Å². The van der Waals surface area contributed by atoms with Gasteiger partial charge in [0.25, 0.3) is 10.1 Å². The number of aromatic nitrogens is 1. The molecule has 1 atom stereocenters. The highest BCUT2D eigenvalue weighted by molar-refractivity contribution is 7.86. The Bertz CT molecular complexity index is 1060. The van der Waals surface area contributed by atoms with Gasteiger partial charge in [-0.3, -0.25) is 9.17 Å². The molecule has 2 heterocycles. The molecule has 34 heavy (non-hydrogen) atoms. The Morgan fingerprint density at radius 2 is 1.91 bits per heavy atom. The van der Waals surface area contributed by atoms with Crippen molar-refractivity contribution >= 4 is 16.2 Å². The molecule has 1 aliphatic rings. The first kappa shape index (κ1) is 26.0. The summed E-state index contributed by atoms with van der Waals surface area (Å²) in [4.78, 5) is 18.6. The molecule has 1 fully saturated rings. The van der Waals surface area contributed by atoms with Crippen LogP contribution in [0.4, 0.5) is 4.79 Å². The van der Waals surface area contributed by atoms with Crippen LogP contribution in [-0.4, -0.2) is 55.8 Å². The summed E-state index contributed by atoms with van der Waals surface area (Å²) in [6, 6.07) is 8.41. The number of carbonyl (C=O) groups is 1. The lowest BCUT2D eigenvalue weighted by Crippen LogP contribution is -2.42. The zero-order chi connectivity index (χ0) is 24.8. The van der Waals surface area contributed by atoms with Gasteiger partial charge in [0.05, 0.1) is 23.7 Å². The smallest absolute Gasteiger partial charge is 0.410 e. The van der Waals surface area contributed by atoms with E-state index in [1.807, 2.05) is 33.8 Å². The van der Waals surface area contributed by atoms with E-state index in [0.717, 1.165) is 24.0 Å². The molecule has 186 valence electrons. The number of ether oxygens (including phenoxy) is 2. The normalized spacial score (nSPS) is 16.5. The predicted molar refractivity (Wildman–Crippen MR) is 128 cm³/mol. The lowest BCUT2D eigenvalue weighted by atomic mass is 10.1. The third kappa shape index (κ3) is 7.70. The molecule has 0 N–H and O–H groups in total. The van der Waals surface area contributed by atoms with Gasteiger partial charge in [-0.15, -0.1) is 0 Å². The van der Waals surface area contributed by atoms with Crippen molar-refractivity contribution in [3.05, 3.63) is 53.9 Å². The Hall–Kier alpha value is -2.65. The molecule has 0 bridgehead atoms. The highest BCUT2D eigenvalue weighted by Gasteiger charge is 2.32. The Morgan fingerprint density at radius 1 is 1.18 bits per heavy atom. The molecular formula is C25H34N2O6S. The van der Waals surface area contributed by atoms with E-state index in [2.05, 4.69) is 4.98 Å². The Morgan fingerprint density at radius 3 is 2.62 bits per heavy atom. The monoisotopic (exact) mass is 490 g/mol. The lowest BCUT2D eigenvalue weighted by Gasteiger charge is -2.28. The number of benzene rings is 1. The van der Waals surface area contributed by atoms with E-state index in [1.54, 1.807) is 41.6 Å². The average Bonchev–Trinajstić information content (AvgIpc) is 3.24. The van der Waals surface area contributed by atoms with Crippen LogP contribution in [0.5, 0.6) is 5.75 Å². The van der Waals surface area contributed by atoms with Crippen molar-refractivity contribution in [3.63, 3.8) is 0 Å². The fourth-order valence-corrected chi connectivity index (χ4v) is 4.60. The van der Waals surface area contributed by atoms with E-state index in [9.17, 15) is 13.2 Å². The zero-order valence-electron chi connectivity index (χ0n) is 20.3. The summed E-state index contributed by atoms with van der Waals surface area (Å²) in [5.41, 5.74) is 1.37. The second-order valence-corrected chi connectivity index (χ2v) is 11.1. The van der Waals surface area contributed by atoms with Crippen LogP contribution in [0, 0.1) is 6.92 Å². The van der Waals surface area contributed by atoms with Crippen LogP contribution in [-0.2, 0) is 25.5 Å². The molecule has 1 aromatic heterocycles. The molecule has 0 saturated carbocycles. The minimum Gasteiger partial charge on any atom is -0.490 e. The maximum Gasteiger partial charge on any atom is 0.410 e. The van der Waals surface area contributed by atoms with E-state index in [-0.39, 0.29) is 23.6 Å². The van der Waals surface area contributed by atoms with E-state index in [4.69, 9.17) is 13.7 Å². The molecule has 1 aliphatic heterocycles. The highest BCUT2D eigenvalue weighted by atomic mass is 32.2. The molecular weight excluding hydrogens is 456 g/mol. The summed E-state index contributed by atoms with van der Waals surface area (Å²) < 4.78 is 41.2. The molecule has 0 radical (unpaired) electrons. The number of hydrogen-bond acceptors (Lipinski definition) is 7. The number of amides is 1. The van der Waals surface area contributed by atoms with Gasteiger partial charge in [0.2, 0.25) is 0 Å². The number of nitrogens with zero attached hydrogens (tertiary/aromatic N) is 2. The second-order valence-electron chi connectivity index (χ2n) is 9.50. The van der Waals surface area contributed by atoms with Crippen LogP contribution in [0.15, 0.2) is 47.6 Å². The fourth-order valence-electron chi connectivity index (χ4n) is 3.66. The summed E-state index contributed by atoms with van der Waals surface area (Å²) in [5.74, 6) is 0.613. The third-order valence-corrected chi connectivity index (χ3v) is 6.70. The van der Waals surface area contributed by atoms with Crippen LogP contribution in [0.3, 0.4) is 0 Å². The maximum atomic E-state index is 12.4. The van der Waals surface area contributed by atoms with Crippen molar-refractivity contribution in [2.45, 2.75) is 69.9 Å². The Labute approximate surface area is 202 Å². The van der Waals surface area contributed by atoms with Gasteiger partial charge < -0.3 is 14.4 Å². The molecule has 3 rings (SSSR count). The largest absolute Gasteiger partial charge is 0.490 e. The van der Waals surface area contributed by atoms with Gasteiger partial charge in [0, 0.05) is 12.7 Å². The van der Waals surface area contributed by atoms with Crippen molar-refractivity contribution in [2.24, 2.45) is 0 Å². The van der Waals surface area contributed by atoms with E-state index < -0.39 is 15.7 Å². The molecule has 0 aliphatic carbocycles. The molecule has 9 heteroatoms. The number of hydrogen-bond donors (Lipinski definition) is 0. The van der Waals surface area contributed by atoms with Crippen molar-refractivity contribution in [1.29, 1.82) is 0 Å². The van der Waals surface area contributed by atoms with Gasteiger partial charge in [-0.25, -0.2) is 4.79 Å². The predicted octanol–water partition coefficient (Wildman–Crippen LogP) is 4.51. The second kappa shape index (κ2) is 11.2. The van der Waals surface area contributed by atoms with Gasteiger partial charge in [0.15, 0.2) is 0 Å². The van der Waals surface area contributed by atoms with E-state index in [1.165, 1.54) is 0 Å². The summed E-state index contributed by atoms with van der Waals surface area (Å²) in [6.45, 7) is 8.56. The standard InChI is InChI=1S/C25H34N2O6S/c1-19-9-11-23(12-10-19)34(29,30)32-14-6-7-20-15-22(17-26-16-20)31-18-21-8-5-13-27(21)24(28)33-25(2,3)4/h9-12,15-17,21H,5-8,13-14,18H2,1-4H3/t21-/m1/s1. The van der Waals surface area contributed by atoms with Gasteiger partial charge in [0.1, 0.15) is 18.0 Å². The number of likely N-dealkylation sites (tertiary alicyclic amines) is 1. The topological polar surface area (TPSA) is 95.0 Å². The average molecular weight is 491 g/mol.